The molecule has 0 atom stereocenters. The molecule has 0 aliphatic rings. The maximum atomic E-state index is 3.18. The summed E-state index contributed by atoms with van der Waals surface area (Å²) in [5.74, 6) is 0.745. The molecule has 14 heavy (non-hydrogen) atoms. The summed E-state index contributed by atoms with van der Waals surface area (Å²) in [5.41, 5.74) is 2.91. The zero-order valence-electron chi connectivity index (χ0n) is 9.51. The Morgan fingerprint density at radius 1 is 1.21 bits per heavy atom. The Kier molecular flexibility index (Phi) is 4.68. The van der Waals surface area contributed by atoms with Gasteiger partial charge in [-0.3, -0.25) is 0 Å². The van der Waals surface area contributed by atoms with Crippen LogP contribution in [-0.4, -0.2) is 13.6 Å². The van der Waals surface area contributed by atoms with Crippen molar-refractivity contribution in [3.05, 3.63) is 35.4 Å². The van der Waals surface area contributed by atoms with E-state index in [-0.39, 0.29) is 0 Å². The summed E-state index contributed by atoms with van der Waals surface area (Å²) in [4.78, 5) is 0. The fourth-order valence-electron chi connectivity index (χ4n) is 1.65. The second kappa shape index (κ2) is 5.82. The minimum Gasteiger partial charge on any atom is -0.319 e. The maximum absolute atomic E-state index is 3.18. The third-order valence-corrected chi connectivity index (χ3v) is 2.30. The molecule has 0 aliphatic carbocycles. The van der Waals surface area contributed by atoms with Crippen molar-refractivity contribution in [2.24, 2.45) is 5.92 Å². The molecule has 0 aromatic heterocycles. The normalized spacial score (nSPS) is 10.9. The van der Waals surface area contributed by atoms with Crippen LogP contribution in [-0.2, 0) is 12.8 Å². The minimum absolute atomic E-state index is 0.745. The molecule has 1 aromatic rings. The van der Waals surface area contributed by atoms with Gasteiger partial charge in [0.2, 0.25) is 0 Å². The molecule has 1 rings (SSSR count). The Bertz CT molecular complexity index is 266. The molecule has 0 aliphatic heterocycles. The first-order valence-electron chi connectivity index (χ1n) is 5.44. The zero-order valence-corrected chi connectivity index (χ0v) is 9.51. The molecule has 0 amide bonds. The van der Waals surface area contributed by atoms with Crippen molar-refractivity contribution < 1.29 is 0 Å². The molecule has 0 fully saturated rings. The van der Waals surface area contributed by atoms with Crippen molar-refractivity contribution >= 4 is 0 Å². The Morgan fingerprint density at radius 3 is 2.57 bits per heavy atom. The highest BCUT2D eigenvalue weighted by atomic mass is 14.8. The minimum atomic E-state index is 0.745. The van der Waals surface area contributed by atoms with Gasteiger partial charge in [0.15, 0.2) is 0 Å². The van der Waals surface area contributed by atoms with E-state index < -0.39 is 0 Å². The lowest BCUT2D eigenvalue weighted by atomic mass is 10.00. The second-order valence-electron chi connectivity index (χ2n) is 4.27. The van der Waals surface area contributed by atoms with Crippen LogP contribution >= 0.6 is 0 Å². The lowest BCUT2D eigenvalue weighted by Crippen LogP contribution is -2.10. The van der Waals surface area contributed by atoms with E-state index in [2.05, 4.69) is 43.4 Å². The van der Waals surface area contributed by atoms with Gasteiger partial charge in [0.05, 0.1) is 0 Å². The molecule has 1 N–H and O–H groups in total. The highest BCUT2D eigenvalue weighted by Gasteiger charge is 1.98. The maximum Gasteiger partial charge on any atom is -0.00114 e. The Labute approximate surface area is 87.5 Å². The Morgan fingerprint density at radius 2 is 1.93 bits per heavy atom. The summed E-state index contributed by atoms with van der Waals surface area (Å²) < 4.78 is 0. The van der Waals surface area contributed by atoms with Crippen LogP contribution in [0.2, 0.25) is 0 Å². The molecule has 0 radical (unpaired) electrons. The first kappa shape index (κ1) is 11.3. The van der Waals surface area contributed by atoms with Crippen LogP contribution in [0.15, 0.2) is 24.3 Å². The average Bonchev–Trinajstić information content (AvgIpc) is 2.14. The molecule has 0 unspecified atom stereocenters. The van der Waals surface area contributed by atoms with Crippen LogP contribution in [0.3, 0.4) is 0 Å². The van der Waals surface area contributed by atoms with E-state index in [0.29, 0.717) is 0 Å². The van der Waals surface area contributed by atoms with Gasteiger partial charge in [-0.25, -0.2) is 0 Å². The van der Waals surface area contributed by atoms with Crippen molar-refractivity contribution in [2.75, 3.05) is 13.6 Å². The summed E-state index contributed by atoms with van der Waals surface area (Å²) in [6, 6.07) is 8.93. The largest absolute Gasteiger partial charge is 0.319 e. The number of hydrogen-bond donors (Lipinski definition) is 1. The fraction of sp³-hybridized carbons (Fsp3) is 0.538. The molecule has 78 valence electrons. The monoisotopic (exact) mass is 191 g/mol. The predicted octanol–water partition coefficient (Wildman–Crippen LogP) is 2.65. The Hall–Kier alpha value is -0.820. The van der Waals surface area contributed by atoms with Crippen molar-refractivity contribution in [3.63, 3.8) is 0 Å². The highest BCUT2D eigenvalue weighted by Crippen LogP contribution is 2.10. The van der Waals surface area contributed by atoms with E-state index in [4.69, 9.17) is 0 Å². The van der Waals surface area contributed by atoms with Crippen LogP contribution in [0.4, 0.5) is 0 Å². The summed E-state index contributed by atoms with van der Waals surface area (Å²) >= 11 is 0. The quantitative estimate of drug-likeness (QED) is 0.754. The number of nitrogens with one attached hydrogen (secondary N) is 1. The molecule has 0 bridgehead atoms. The molecule has 1 heteroatoms. The van der Waals surface area contributed by atoms with Crippen LogP contribution in [0, 0.1) is 5.92 Å². The molecule has 1 nitrogen and oxygen atoms in total. The van der Waals surface area contributed by atoms with Crippen molar-refractivity contribution in [3.8, 4) is 0 Å². The predicted molar refractivity (Wildman–Crippen MR) is 62.6 cm³/mol. The first-order chi connectivity index (χ1) is 6.72. The lowest BCUT2D eigenvalue weighted by molar-refractivity contribution is 0.646. The standard InChI is InChI=1S/C13H21N/c1-11(2)9-13-6-4-5-12(10-13)7-8-14-3/h4-6,10-11,14H,7-9H2,1-3H3. The molecular formula is C13H21N. The SMILES string of the molecule is CNCCc1cccc(CC(C)C)c1. The third kappa shape index (κ3) is 3.93. The lowest BCUT2D eigenvalue weighted by Gasteiger charge is -2.07. The summed E-state index contributed by atoms with van der Waals surface area (Å²) in [6.07, 6.45) is 2.32. The summed E-state index contributed by atoms with van der Waals surface area (Å²) in [5, 5.41) is 3.18. The van der Waals surface area contributed by atoms with E-state index in [9.17, 15) is 0 Å². The summed E-state index contributed by atoms with van der Waals surface area (Å²) in [6.45, 7) is 5.59. The van der Waals surface area contributed by atoms with Gasteiger partial charge in [-0.2, -0.15) is 0 Å². The van der Waals surface area contributed by atoms with Gasteiger partial charge >= 0.3 is 0 Å². The zero-order chi connectivity index (χ0) is 10.4. The van der Waals surface area contributed by atoms with Crippen LogP contribution in [0.1, 0.15) is 25.0 Å². The van der Waals surface area contributed by atoms with E-state index in [1.165, 1.54) is 17.5 Å². The number of rotatable bonds is 5. The van der Waals surface area contributed by atoms with Gasteiger partial charge in [-0.1, -0.05) is 38.1 Å². The highest BCUT2D eigenvalue weighted by molar-refractivity contribution is 5.24. The van der Waals surface area contributed by atoms with Gasteiger partial charge in [0, 0.05) is 0 Å². The van der Waals surface area contributed by atoms with Gasteiger partial charge in [-0.05, 0) is 43.5 Å². The van der Waals surface area contributed by atoms with E-state index in [1.807, 2.05) is 7.05 Å². The molecule has 0 spiro atoms. The van der Waals surface area contributed by atoms with Crippen molar-refractivity contribution in [1.29, 1.82) is 0 Å². The van der Waals surface area contributed by atoms with E-state index in [1.54, 1.807) is 0 Å². The third-order valence-electron chi connectivity index (χ3n) is 2.30. The van der Waals surface area contributed by atoms with E-state index in [0.717, 1.165) is 18.9 Å². The first-order valence-corrected chi connectivity index (χ1v) is 5.44. The van der Waals surface area contributed by atoms with Crippen molar-refractivity contribution in [1.82, 2.24) is 5.32 Å². The van der Waals surface area contributed by atoms with Gasteiger partial charge in [-0.15, -0.1) is 0 Å². The second-order valence-corrected chi connectivity index (χ2v) is 4.27. The van der Waals surface area contributed by atoms with Gasteiger partial charge in [0.25, 0.3) is 0 Å². The average molecular weight is 191 g/mol. The smallest absolute Gasteiger partial charge is 0.00114 e. The van der Waals surface area contributed by atoms with E-state index >= 15 is 0 Å². The number of likely N-dealkylation sites (N-methyl/N-ethyl adjacent to an activating group) is 1. The molecule has 0 saturated carbocycles. The van der Waals surface area contributed by atoms with Crippen LogP contribution in [0.5, 0.6) is 0 Å². The van der Waals surface area contributed by atoms with Crippen LogP contribution in [0.25, 0.3) is 0 Å². The van der Waals surface area contributed by atoms with Crippen molar-refractivity contribution in [2.45, 2.75) is 26.7 Å². The topological polar surface area (TPSA) is 12.0 Å². The molecule has 1 aromatic carbocycles. The fourth-order valence-corrected chi connectivity index (χ4v) is 1.65. The molecule has 0 saturated heterocycles. The van der Waals surface area contributed by atoms with Crippen LogP contribution < -0.4 is 5.32 Å². The summed E-state index contributed by atoms with van der Waals surface area (Å²) in [7, 11) is 2.00. The number of benzene rings is 1. The molecular weight excluding hydrogens is 170 g/mol. The van der Waals surface area contributed by atoms with Gasteiger partial charge in [0.1, 0.15) is 0 Å². The number of hydrogen-bond acceptors (Lipinski definition) is 1. The molecule has 0 heterocycles. The Balaban J connectivity index is 2.59. The van der Waals surface area contributed by atoms with Gasteiger partial charge < -0.3 is 5.32 Å².